The van der Waals surface area contributed by atoms with Crippen molar-refractivity contribution in [1.82, 2.24) is 4.90 Å². The zero-order valence-corrected chi connectivity index (χ0v) is 14.5. The van der Waals surface area contributed by atoms with Gasteiger partial charge in [0.1, 0.15) is 5.75 Å². The number of ether oxygens (including phenoxy) is 4. The van der Waals surface area contributed by atoms with Crippen LogP contribution in [0.1, 0.15) is 11.1 Å². The summed E-state index contributed by atoms with van der Waals surface area (Å²) < 4.78 is 21.6. The summed E-state index contributed by atoms with van der Waals surface area (Å²) in [5.74, 6) is 2.28. The van der Waals surface area contributed by atoms with Crippen molar-refractivity contribution in [3.8, 4) is 17.2 Å². The lowest BCUT2D eigenvalue weighted by Gasteiger charge is -2.26. The van der Waals surface area contributed by atoms with Gasteiger partial charge >= 0.3 is 0 Å². The molecule has 2 aromatic rings. The summed E-state index contributed by atoms with van der Waals surface area (Å²) in [5.41, 5.74) is 2.32. The van der Waals surface area contributed by atoms with Gasteiger partial charge in [0.15, 0.2) is 18.1 Å². The van der Waals surface area contributed by atoms with Gasteiger partial charge in [-0.1, -0.05) is 18.2 Å². The molecule has 1 amide bonds. The second kappa shape index (κ2) is 7.66. The van der Waals surface area contributed by atoms with E-state index in [0.717, 1.165) is 29.0 Å². The fourth-order valence-electron chi connectivity index (χ4n) is 3.04. The van der Waals surface area contributed by atoms with Crippen molar-refractivity contribution in [1.29, 1.82) is 0 Å². The number of benzene rings is 2. The Kier molecular flexibility index (Phi) is 4.93. The third-order valence-electron chi connectivity index (χ3n) is 4.49. The van der Waals surface area contributed by atoms with Crippen molar-refractivity contribution >= 4 is 5.91 Å². The highest BCUT2D eigenvalue weighted by atomic mass is 16.7. The second-order valence-electron chi connectivity index (χ2n) is 6.29. The van der Waals surface area contributed by atoms with Gasteiger partial charge in [-0.2, -0.15) is 0 Å². The molecule has 0 atom stereocenters. The van der Waals surface area contributed by atoms with Crippen LogP contribution < -0.4 is 14.2 Å². The van der Waals surface area contributed by atoms with Crippen molar-refractivity contribution in [3.63, 3.8) is 0 Å². The molecule has 2 aromatic carbocycles. The monoisotopic (exact) mass is 355 g/mol. The average Bonchev–Trinajstić information content (AvgIpc) is 3.16. The smallest absolute Gasteiger partial charge is 0.260 e. The maximum atomic E-state index is 12.1. The van der Waals surface area contributed by atoms with E-state index in [2.05, 4.69) is 0 Å². The van der Waals surface area contributed by atoms with Crippen molar-refractivity contribution < 1.29 is 23.7 Å². The predicted octanol–water partition coefficient (Wildman–Crippen LogP) is 2.24. The third kappa shape index (κ3) is 3.91. The van der Waals surface area contributed by atoms with Crippen LogP contribution >= 0.6 is 0 Å². The highest BCUT2D eigenvalue weighted by Crippen LogP contribution is 2.33. The Morgan fingerprint density at radius 3 is 2.50 bits per heavy atom. The molecule has 1 fully saturated rings. The normalized spacial score (nSPS) is 15.8. The molecule has 0 aromatic heterocycles. The molecule has 0 saturated carbocycles. The Morgan fingerprint density at radius 2 is 1.69 bits per heavy atom. The summed E-state index contributed by atoms with van der Waals surface area (Å²) in [6.45, 7) is 2.81. The maximum Gasteiger partial charge on any atom is 0.260 e. The number of fused-ring (bicyclic) bond motifs is 1. The SMILES string of the molecule is O=C(COc1ccc(Cc2ccc3c(c2)OCO3)cc1)N1CCOCC1. The van der Waals surface area contributed by atoms with Crippen LogP contribution in [0, 0.1) is 0 Å². The zero-order valence-electron chi connectivity index (χ0n) is 14.5. The highest BCUT2D eigenvalue weighted by molar-refractivity contribution is 5.77. The van der Waals surface area contributed by atoms with Gasteiger partial charge in [-0.05, 0) is 41.8 Å². The average molecular weight is 355 g/mol. The maximum absolute atomic E-state index is 12.1. The predicted molar refractivity (Wildman–Crippen MR) is 94.7 cm³/mol. The van der Waals surface area contributed by atoms with Gasteiger partial charge in [-0.3, -0.25) is 4.79 Å². The molecule has 1 saturated heterocycles. The summed E-state index contributed by atoms with van der Waals surface area (Å²) in [5, 5.41) is 0. The number of nitrogens with zero attached hydrogens (tertiary/aromatic N) is 1. The van der Waals surface area contributed by atoms with Crippen molar-refractivity contribution in [2.24, 2.45) is 0 Å². The Bertz CT molecular complexity index is 768. The lowest BCUT2D eigenvalue weighted by Crippen LogP contribution is -2.42. The fraction of sp³-hybridized carbons (Fsp3) is 0.350. The van der Waals surface area contributed by atoms with Crippen molar-refractivity contribution in [3.05, 3.63) is 53.6 Å². The van der Waals surface area contributed by atoms with Gasteiger partial charge in [0.25, 0.3) is 5.91 Å². The van der Waals surface area contributed by atoms with Crippen LogP contribution in [0.4, 0.5) is 0 Å². The van der Waals surface area contributed by atoms with Gasteiger partial charge in [0.2, 0.25) is 6.79 Å². The molecule has 6 heteroatoms. The molecule has 2 aliphatic rings. The molecule has 0 bridgehead atoms. The highest BCUT2D eigenvalue weighted by Gasteiger charge is 2.17. The van der Waals surface area contributed by atoms with E-state index in [1.54, 1.807) is 4.90 Å². The Morgan fingerprint density at radius 1 is 0.962 bits per heavy atom. The van der Waals surface area contributed by atoms with Crippen LogP contribution in [0.2, 0.25) is 0 Å². The van der Waals surface area contributed by atoms with E-state index in [1.807, 2.05) is 42.5 Å². The number of hydrogen-bond acceptors (Lipinski definition) is 5. The number of rotatable bonds is 5. The molecular formula is C20H21NO5. The molecule has 0 unspecified atom stereocenters. The van der Waals surface area contributed by atoms with E-state index in [1.165, 1.54) is 0 Å². The van der Waals surface area contributed by atoms with E-state index in [4.69, 9.17) is 18.9 Å². The number of hydrogen-bond donors (Lipinski definition) is 0. The molecule has 2 aliphatic heterocycles. The summed E-state index contributed by atoms with van der Waals surface area (Å²) in [4.78, 5) is 13.9. The molecule has 136 valence electrons. The van der Waals surface area contributed by atoms with Gasteiger partial charge in [0.05, 0.1) is 13.2 Å². The lowest BCUT2D eigenvalue weighted by molar-refractivity contribution is -0.137. The summed E-state index contributed by atoms with van der Waals surface area (Å²) >= 11 is 0. The number of amides is 1. The third-order valence-corrected chi connectivity index (χ3v) is 4.49. The Hall–Kier alpha value is -2.73. The molecule has 0 spiro atoms. The minimum absolute atomic E-state index is 0.00210. The zero-order chi connectivity index (χ0) is 17.8. The van der Waals surface area contributed by atoms with Crippen LogP contribution in [0.5, 0.6) is 17.2 Å². The van der Waals surface area contributed by atoms with Crippen LogP contribution in [-0.2, 0) is 16.0 Å². The van der Waals surface area contributed by atoms with Crippen LogP contribution in [0.15, 0.2) is 42.5 Å². The first-order valence-corrected chi connectivity index (χ1v) is 8.74. The fourth-order valence-corrected chi connectivity index (χ4v) is 3.04. The van der Waals surface area contributed by atoms with Crippen LogP contribution in [0.3, 0.4) is 0 Å². The quantitative estimate of drug-likeness (QED) is 0.823. The van der Waals surface area contributed by atoms with Gasteiger partial charge in [0, 0.05) is 13.1 Å². The second-order valence-corrected chi connectivity index (χ2v) is 6.29. The molecule has 0 aliphatic carbocycles. The minimum atomic E-state index is -0.00210. The lowest BCUT2D eigenvalue weighted by atomic mass is 10.0. The molecule has 0 N–H and O–H groups in total. The number of carbonyl (C=O) groups excluding carboxylic acids is 1. The largest absolute Gasteiger partial charge is 0.484 e. The van der Waals surface area contributed by atoms with Gasteiger partial charge < -0.3 is 23.8 Å². The number of carbonyl (C=O) groups is 1. The van der Waals surface area contributed by atoms with E-state index < -0.39 is 0 Å². The van der Waals surface area contributed by atoms with Crippen LogP contribution in [0.25, 0.3) is 0 Å². The van der Waals surface area contributed by atoms with E-state index in [-0.39, 0.29) is 19.3 Å². The van der Waals surface area contributed by atoms with E-state index in [0.29, 0.717) is 32.1 Å². The minimum Gasteiger partial charge on any atom is -0.484 e. The molecule has 2 heterocycles. The Balaban J connectivity index is 1.31. The molecule has 6 nitrogen and oxygen atoms in total. The standard InChI is InChI=1S/C20H21NO5/c22-20(21-7-9-23-10-8-21)13-24-17-4-1-15(2-5-17)11-16-3-6-18-19(12-16)26-14-25-18/h1-6,12H,7-11,13-14H2. The first kappa shape index (κ1) is 16.7. The van der Waals surface area contributed by atoms with Gasteiger partial charge in [-0.15, -0.1) is 0 Å². The Labute approximate surface area is 152 Å². The summed E-state index contributed by atoms with van der Waals surface area (Å²) in [6.07, 6.45) is 0.795. The molecule has 0 radical (unpaired) electrons. The first-order chi connectivity index (χ1) is 12.8. The summed E-state index contributed by atoms with van der Waals surface area (Å²) in [6, 6.07) is 13.8. The van der Waals surface area contributed by atoms with Gasteiger partial charge in [-0.25, -0.2) is 0 Å². The number of morpholine rings is 1. The molecule has 26 heavy (non-hydrogen) atoms. The van der Waals surface area contributed by atoms with Crippen LogP contribution in [-0.4, -0.2) is 50.5 Å². The first-order valence-electron chi connectivity index (χ1n) is 8.74. The van der Waals surface area contributed by atoms with E-state index >= 15 is 0 Å². The topological polar surface area (TPSA) is 57.2 Å². The van der Waals surface area contributed by atoms with Crippen molar-refractivity contribution in [2.75, 3.05) is 39.7 Å². The van der Waals surface area contributed by atoms with E-state index in [9.17, 15) is 4.79 Å². The molecule has 4 rings (SSSR count). The molecular weight excluding hydrogens is 334 g/mol. The van der Waals surface area contributed by atoms with Crippen molar-refractivity contribution in [2.45, 2.75) is 6.42 Å². The summed E-state index contributed by atoms with van der Waals surface area (Å²) in [7, 11) is 0.